The van der Waals surface area contributed by atoms with Gasteiger partial charge in [-0.25, -0.2) is 0 Å². The van der Waals surface area contributed by atoms with Crippen molar-refractivity contribution in [1.29, 1.82) is 0 Å². The van der Waals surface area contributed by atoms with Crippen molar-refractivity contribution in [1.82, 2.24) is 4.90 Å². The van der Waals surface area contributed by atoms with Gasteiger partial charge in [-0.3, -0.25) is 4.79 Å². The molecule has 1 aliphatic heterocycles. The SMILES string of the molecule is CN(CC1COc2ccccc2O1)C(=O)c1c(Cl)cccc1Cl. The van der Waals surface area contributed by atoms with Gasteiger partial charge in [-0.2, -0.15) is 0 Å². The molecule has 0 radical (unpaired) electrons. The zero-order valence-corrected chi connectivity index (χ0v) is 14.0. The van der Waals surface area contributed by atoms with Gasteiger partial charge in [0, 0.05) is 7.05 Å². The predicted octanol–water partition coefficient (Wildman–Crippen LogP) is 3.91. The smallest absolute Gasteiger partial charge is 0.256 e. The van der Waals surface area contributed by atoms with Crippen molar-refractivity contribution in [3.05, 3.63) is 58.1 Å². The highest BCUT2D eigenvalue weighted by atomic mass is 35.5. The molecule has 1 unspecified atom stereocenters. The number of hydrogen-bond donors (Lipinski definition) is 0. The Labute approximate surface area is 144 Å². The van der Waals surface area contributed by atoms with Crippen molar-refractivity contribution < 1.29 is 14.3 Å². The maximum absolute atomic E-state index is 12.6. The first-order valence-corrected chi connectivity index (χ1v) is 7.90. The third kappa shape index (κ3) is 3.38. The summed E-state index contributed by atoms with van der Waals surface area (Å²) in [6.07, 6.45) is -0.250. The lowest BCUT2D eigenvalue weighted by Crippen LogP contribution is -2.41. The molecule has 0 N–H and O–H groups in total. The molecule has 120 valence electrons. The predicted molar refractivity (Wildman–Crippen MR) is 89.8 cm³/mol. The fourth-order valence-corrected chi connectivity index (χ4v) is 2.99. The van der Waals surface area contributed by atoms with Crippen LogP contribution in [0.25, 0.3) is 0 Å². The van der Waals surface area contributed by atoms with E-state index in [9.17, 15) is 4.79 Å². The Balaban J connectivity index is 1.70. The van der Waals surface area contributed by atoms with Crippen molar-refractivity contribution in [3.8, 4) is 11.5 Å². The number of amides is 1. The molecule has 0 aliphatic carbocycles. The van der Waals surface area contributed by atoms with E-state index in [0.29, 0.717) is 40.3 Å². The number of benzene rings is 2. The minimum absolute atomic E-state index is 0.247. The monoisotopic (exact) mass is 351 g/mol. The Hall–Kier alpha value is -1.91. The summed E-state index contributed by atoms with van der Waals surface area (Å²) in [5.41, 5.74) is 0.301. The number of carbonyl (C=O) groups is 1. The van der Waals surface area contributed by atoms with Crippen LogP contribution >= 0.6 is 23.2 Å². The Morgan fingerprint density at radius 3 is 2.48 bits per heavy atom. The normalized spacial score (nSPS) is 16.0. The van der Waals surface area contributed by atoms with E-state index in [-0.39, 0.29) is 12.0 Å². The summed E-state index contributed by atoms with van der Waals surface area (Å²) in [4.78, 5) is 14.1. The summed E-state index contributed by atoms with van der Waals surface area (Å²) in [5.74, 6) is 1.15. The fourth-order valence-electron chi connectivity index (χ4n) is 2.43. The van der Waals surface area contributed by atoms with Crippen molar-refractivity contribution >= 4 is 29.1 Å². The first-order valence-electron chi connectivity index (χ1n) is 7.14. The standard InChI is InChI=1S/C17H15Cl2NO3/c1-20(17(21)16-12(18)5-4-6-13(16)19)9-11-10-22-14-7-2-3-8-15(14)23-11/h2-8,11H,9-10H2,1H3. The van der Waals surface area contributed by atoms with Crippen LogP contribution < -0.4 is 9.47 Å². The second-order valence-electron chi connectivity index (χ2n) is 5.28. The first-order chi connectivity index (χ1) is 11.1. The number of ether oxygens (including phenoxy) is 2. The van der Waals surface area contributed by atoms with Crippen molar-refractivity contribution in [2.24, 2.45) is 0 Å². The van der Waals surface area contributed by atoms with Crippen molar-refractivity contribution in [3.63, 3.8) is 0 Å². The van der Waals surface area contributed by atoms with Gasteiger partial charge in [-0.1, -0.05) is 41.4 Å². The molecule has 0 aromatic heterocycles. The van der Waals surface area contributed by atoms with Gasteiger partial charge in [0.05, 0.1) is 22.2 Å². The third-order valence-electron chi connectivity index (χ3n) is 3.57. The van der Waals surface area contributed by atoms with Gasteiger partial charge < -0.3 is 14.4 Å². The second-order valence-corrected chi connectivity index (χ2v) is 6.09. The second kappa shape index (κ2) is 6.69. The largest absolute Gasteiger partial charge is 0.486 e. The maximum atomic E-state index is 12.6. The van der Waals surface area contributed by atoms with Crippen LogP contribution in [0, 0.1) is 0 Å². The summed E-state index contributed by atoms with van der Waals surface area (Å²) in [5, 5.41) is 0.668. The van der Waals surface area contributed by atoms with Gasteiger partial charge in [0.15, 0.2) is 17.6 Å². The topological polar surface area (TPSA) is 38.8 Å². The maximum Gasteiger partial charge on any atom is 0.256 e. The average molecular weight is 352 g/mol. The van der Waals surface area contributed by atoms with E-state index in [0.717, 1.165) is 0 Å². The number of halogens is 2. The van der Waals surface area contributed by atoms with Gasteiger partial charge in [-0.15, -0.1) is 0 Å². The molecule has 1 heterocycles. The van der Waals surface area contributed by atoms with Gasteiger partial charge >= 0.3 is 0 Å². The number of likely N-dealkylation sites (N-methyl/N-ethyl adjacent to an activating group) is 1. The third-order valence-corrected chi connectivity index (χ3v) is 4.20. The molecule has 6 heteroatoms. The quantitative estimate of drug-likeness (QED) is 0.841. The molecule has 4 nitrogen and oxygen atoms in total. The number of nitrogens with zero attached hydrogens (tertiary/aromatic N) is 1. The molecular formula is C17H15Cl2NO3. The van der Waals surface area contributed by atoms with Crippen LogP contribution in [0.3, 0.4) is 0 Å². The van der Waals surface area contributed by atoms with Crippen LogP contribution in [-0.4, -0.2) is 37.1 Å². The molecule has 1 aliphatic rings. The van der Waals surface area contributed by atoms with Gasteiger partial charge in [0.25, 0.3) is 5.91 Å². The molecule has 1 amide bonds. The Morgan fingerprint density at radius 2 is 1.78 bits per heavy atom. The van der Waals surface area contributed by atoms with Gasteiger partial charge in [0.2, 0.25) is 0 Å². The van der Waals surface area contributed by atoms with Gasteiger partial charge in [-0.05, 0) is 24.3 Å². The molecule has 2 aromatic carbocycles. The van der Waals surface area contributed by atoms with E-state index in [1.165, 1.54) is 4.90 Å². The lowest BCUT2D eigenvalue weighted by molar-refractivity contribution is 0.0521. The first kappa shape index (κ1) is 16.0. The summed E-state index contributed by atoms with van der Waals surface area (Å²) in [7, 11) is 1.69. The van der Waals surface area contributed by atoms with Crippen LogP contribution in [0.2, 0.25) is 10.0 Å². The Bertz CT molecular complexity index is 715. The molecular weight excluding hydrogens is 337 g/mol. The van der Waals surface area contributed by atoms with Crippen molar-refractivity contribution in [2.45, 2.75) is 6.10 Å². The number of carbonyl (C=O) groups excluding carboxylic acids is 1. The van der Waals surface area contributed by atoms with Crippen LogP contribution in [0.1, 0.15) is 10.4 Å². The molecule has 0 bridgehead atoms. The molecule has 0 spiro atoms. The fraction of sp³-hybridized carbons (Fsp3) is 0.235. The summed E-state index contributed by atoms with van der Waals surface area (Å²) in [6, 6.07) is 12.4. The van der Waals surface area contributed by atoms with E-state index in [4.69, 9.17) is 32.7 Å². The van der Waals surface area contributed by atoms with Crippen LogP contribution in [0.15, 0.2) is 42.5 Å². The van der Waals surface area contributed by atoms with Crippen LogP contribution in [-0.2, 0) is 0 Å². The minimum Gasteiger partial charge on any atom is -0.486 e. The number of para-hydroxylation sites is 2. The molecule has 3 rings (SSSR count). The van der Waals surface area contributed by atoms with Crippen LogP contribution in [0.4, 0.5) is 0 Å². The zero-order chi connectivity index (χ0) is 16.4. The van der Waals surface area contributed by atoms with E-state index in [1.807, 2.05) is 24.3 Å². The van der Waals surface area contributed by atoms with E-state index >= 15 is 0 Å². The van der Waals surface area contributed by atoms with E-state index in [1.54, 1.807) is 25.2 Å². The lowest BCUT2D eigenvalue weighted by Gasteiger charge is -2.29. The summed E-state index contributed by atoms with van der Waals surface area (Å²) in [6.45, 7) is 0.750. The molecule has 1 atom stereocenters. The minimum atomic E-state index is -0.250. The highest BCUT2D eigenvalue weighted by Crippen LogP contribution is 2.31. The number of fused-ring (bicyclic) bond motifs is 1. The Kier molecular flexibility index (Phi) is 4.64. The highest BCUT2D eigenvalue weighted by molar-refractivity contribution is 6.39. The van der Waals surface area contributed by atoms with E-state index in [2.05, 4.69) is 0 Å². The number of hydrogen-bond acceptors (Lipinski definition) is 3. The summed E-state index contributed by atoms with van der Waals surface area (Å²) >= 11 is 12.2. The Morgan fingerprint density at radius 1 is 1.13 bits per heavy atom. The zero-order valence-electron chi connectivity index (χ0n) is 12.5. The molecule has 0 fully saturated rings. The number of rotatable bonds is 3. The van der Waals surface area contributed by atoms with E-state index < -0.39 is 0 Å². The molecule has 23 heavy (non-hydrogen) atoms. The molecule has 0 saturated carbocycles. The summed E-state index contributed by atoms with van der Waals surface area (Å²) < 4.78 is 11.5. The highest BCUT2D eigenvalue weighted by Gasteiger charge is 2.25. The average Bonchev–Trinajstić information content (AvgIpc) is 2.54. The van der Waals surface area contributed by atoms with Gasteiger partial charge in [0.1, 0.15) is 6.61 Å². The van der Waals surface area contributed by atoms with Crippen LogP contribution in [0.5, 0.6) is 11.5 Å². The lowest BCUT2D eigenvalue weighted by atomic mass is 10.2. The molecule has 0 saturated heterocycles. The molecule has 2 aromatic rings. The van der Waals surface area contributed by atoms with Crippen molar-refractivity contribution in [2.75, 3.05) is 20.2 Å².